The maximum Gasteiger partial charge on any atom is 0.410 e. The molecule has 4 N–H and O–H groups in total. The number of likely N-dealkylation sites (tertiary alicyclic amines) is 2. The Hall–Kier alpha value is -3.98. The number of aromatic nitrogens is 4. The fourth-order valence-corrected chi connectivity index (χ4v) is 7.96. The van der Waals surface area contributed by atoms with Gasteiger partial charge in [0.05, 0.1) is 21.5 Å². The minimum absolute atomic E-state index is 0.247. The summed E-state index contributed by atoms with van der Waals surface area (Å²) >= 11 is 14.6. The summed E-state index contributed by atoms with van der Waals surface area (Å²) in [5, 5.41) is 15.5. The number of ether oxygens (including phenoxy) is 3. The molecule has 0 aliphatic carbocycles. The van der Waals surface area contributed by atoms with Gasteiger partial charge in [-0.3, -0.25) is 10.2 Å². The molecule has 288 valence electrons. The predicted octanol–water partition coefficient (Wildman–Crippen LogP) is 9.10. The van der Waals surface area contributed by atoms with Crippen LogP contribution in [-0.2, 0) is 22.3 Å². The number of anilines is 1. The molecule has 2 fully saturated rings. The van der Waals surface area contributed by atoms with E-state index in [1.165, 1.54) is 16.2 Å². The highest BCUT2D eigenvalue weighted by atomic mass is 35.5. The highest BCUT2D eigenvalue weighted by Gasteiger charge is 2.25. The van der Waals surface area contributed by atoms with Crippen LogP contribution in [0.3, 0.4) is 0 Å². The second-order valence-electron chi connectivity index (χ2n) is 12.5. The zero-order valence-corrected chi connectivity index (χ0v) is 33.2. The Labute approximate surface area is 329 Å². The lowest BCUT2D eigenvalue weighted by atomic mass is 9.96. The zero-order valence-electron chi connectivity index (χ0n) is 30.1. The van der Waals surface area contributed by atoms with E-state index in [2.05, 4.69) is 45.7 Å². The predicted molar refractivity (Wildman–Crippen MR) is 214 cm³/mol. The molecule has 0 radical (unpaired) electrons. The second kappa shape index (κ2) is 22.3. The average molecular weight is 807 g/mol. The number of halogens is 2. The van der Waals surface area contributed by atoms with Crippen molar-refractivity contribution < 1.29 is 23.8 Å². The number of carbonyl (C=O) groups excluding carboxylic acids is 2. The highest BCUT2D eigenvalue weighted by Crippen LogP contribution is 2.30. The molecule has 4 aromatic heterocycles. The Bertz CT molecular complexity index is 1720. The van der Waals surface area contributed by atoms with Gasteiger partial charge in [0, 0.05) is 60.3 Å². The molecule has 2 atom stereocenters. The number of amides is 2. The van der Waals surface area contributed by atoms with Gasteiger partial charge in [-0.25, -0.2) is 9.59 Å². The number of hydrogen-bond acceptors (Lipinski definition) is 10. The van der Waals surface area contributed by atoms with Crippen LogP contribution in [0.15, 0.2) is 61.7 Å². The Morgan fingerprint density at radius 2 is 1.47 bits per heavy atom. The van der Waals surface area contributed by atoms with Crippen molar-refractivity contribution in [3.63, 3.8) is 0 Å². The van der Waals surface area contributed by atoms with Crippen LogP contribution in [0, 0.1) is 0 Å². The maximum atomic E-state index is 12.0. The maximum absolute atomic E-state index is 12.0. The first-order valence-corrected chi connectivity index (χ1v) is 20.0. The Morgan fingerprint density at radius 3 is 2.00 bits per heavy atom. The molecule has 2 aliphatic rings. The van der Waals surface area contributed by atoms with E-state index in [0.29, 0.717) is 30.7 Å². The first-order chi connectivity index (χ1) is 25.7. The molecule has 12 nitrogen and oxygen atoms in total. The largest absolute Gasteiger partial charge is 0.487 e. The number of nitrogens with zero attached hydrogens (tertiary/aromatic N) is 4. The molecule has 6 heterocycles. The summed E-state index contributed by atoms with van der Waals surface area (Å²) in [7, 11) is 1.63. The van der Waals surface area contributed by atoms with E-state index in [1.807, 2.05) is 24.3 Å². The van der Waals surface area contributed by atoms with Crippen LogP contribution in [0.2, 0.25) is 8.67 Å². The van der Waals surface area contributed by atoms with Gasteiger partial charge < -0.3 is 29.7 Å². The lowest BCUT2D eigenvalue weighted by molar-refractivity contribution is 0.113. The third-order valence-corrected chi connectivity index (χ3v) is 11.3. The number of thiophene rings is 2. The number of nitrogens with one attached hydrogen (secondary N) is 2. The SMILES string of the molecule is C=CCOC(=O)N1CCCC(c2cc(CCc3ccc(Cl)s3)[nH]n2)CC1.C=CCOC(=O)N1CCCC(c2cc(N)n[nH]2)CC1.COc1ccc(Cl)s1. The van der Waals surface area contributed by atoms with Crippen LogP contribution in [0.5, 0.6) is 5.06 Å². The third kappa shape index (κ3) is 14.1. The molecule has 0 spiro atoms. The molecular weight excluding hydrogens is 757 g/mol. The Balaban J connectivity index is 0.000000202. The number of carbonyl (C=O) groups is 2. The third-order valence-electron chi connectivity index (χ3n) is 8.77. The molecule has 0 aromatic carbocycles. The first-order valence-electron chi connectivity index (χ1n) is 17.6. The minimum atomic E-state index is -0.260. The van der Waals surface area contributed by atoms with Gasteiger partial charge >= 0.3 is 12.2 Å². The molecule has 0 saturated carbocycles. The number of H-pyrrole nitrogens is 2. The van der Waals surface area contributed by atoms with Crippen molar-refractivity contribution in [1.82, 2.24) is 30.2 Å². The number of rotatable bonds is 10. The molecule has 4 aromatic rings. The number of nitrogens with two attached hydrogens (primary N) is 1. The number of aryl methyl sites for hydroxylation is 2. The van der Waals surface area contributed by atoms with E-state index in [-0.39, 0.29) is 25.4 Å². The van der Waals surface area contributed by atoms with Crippen molar-refractivity contribution in [2.75, 3.05) is 52.2 Å². The lowest BCUT2D eigenvalue weighted by Crippen LogP contribution is -2.32. The highest BCUT2D eigenvalue weighted by molar-refractivity contribution is 7.17. The summed E-state index contributed by atoms with van der Waals surface area (Å²) in [6.07, 6.45) is 10.3. The first kappa shape index (κ1) is 41.8. The van der Waals surface area contributed by atoms with Gasteiger partial charge in [0.2, 0.25) is 0 Å². The van der Waals surface area contributed by atoms with E-state index in [4.69, 9.17) is 43.1 Å². The van der Waals surface area contributed by atoms with Gasteiger partial charge in [0.15, 0.2) is 5.06 Å². The normalized spacial score (nSPS) is 17.2. The molecule has 6 rings (SSSR count). The van der Waals surface area contributed by atoms with Crippen molar-refractivity contribution >= 4 is 63.9 Å². The fourth-order valence-electron chi connectivity index (χ4n) is 6.04. The summed E-state index contributed by atoms with van der Waals surface area (Å²) in [6, 6.07) is 11.7. The molecule has 2 saturated heterocycles. The van der Waals surface area contributed by atoms with Crippen molar-refractivity contribution in [2.45, 2.75) is 63.2 Å². The zero-order chi connectivity index (χ0) is 38.0. The summed E-state index contributed by atoms with van der Waals surface area (Å²) < 4.78 is 16.7. The van der Waals surface area contributed by atoms with E-state index >= 15 is 0 Å². The van der Waals surface area contributed by atoms with Crippen LogP contribution in [0.25, 0.3) is 0 Å². The topological polar surface area (TPSA) is 152 Å². The smallest absolute Gasteiger partial charge is 0.410 e. The summed E-state index contributed by atoms with van der Waals surface area (Å²) in [6.45, 7) is 10.5. The Morgan fingerprint density at radius 1 is 0.849 bits per heavy atom. The molecule has 0 bridgehead atoms. The van der Waals surface area contributed by atoms with E-state index in [1.54, 1.807) is 40.4 Å². The van der Waals surface area contributed by atoms with Crippen LogP contribution in [0.4, 0.5) is 15.4 Å². The van der Waals surface area contributed by atoms with E-state index in [9.17, 15) is 9.59 Å². The van der Waals surface area contributed by atoms with E-state index < -0.39 is 0 Å². The summed E-state index contributed by atoms with van der Waals surface area (Å²) in [5.41, 5.74) is 8.92. The van der Waals surface area contributed by atoms with Gasteiger partial charge in [0.25, 0.3) is 0 Å². The lowest BCUT2D eigenvalue weighted by Gasteiger charge is -2.19. The molecule has 2 aliphatic heterocycles. The quantitative estimate of drug-likeness (QED) is 0.134. The van der Waals surface area contributed by atoms with Gasteiger partial charge in [-0.15, -0.1) is 11.3 Å². The van der Waals surface area contributed by atoms with Gasteiger partial charge in [-0.1, -0.05) is 59.8 Å². The van der Waals surface area contributed by atoms with Crippen molar-refractivity contribution in [1.29, 1.82) is 0 Å². The molecule has 2 amide bonds. The van der Waals surface area contributed by atoms with Crippen LogP contribution < -0.4 is 10.5 Å². The second-order valence-corrected chi connectivity index (χ2v) is 16.0. The average Bonchev–Trinajstić information content (AvgIpc) is 3.93. The summed E-state index contributed by atoms with van der Waals surface area (Å²) in [5.74, 6) is 1.27. The van der Waals surface area contributed by atoms with Crippen molar-refractivity contribution in [3.8, 4) is 5.06 Å². The van der Waals surface area contributed by atoms with Gasteiger partial charge in [0.1, 0.15) is 19.0 Å². The number of methoxy groups -OCH3 is 1. The van der Waals surface area contributed by atoms with Gasteiger partial charge in [-0.05, 0) is 81.7 Å². The number of nitrogen functional groups attached to an aromatic ring is 1. The van der Waals surface area contributed by atoms with Crippen LogP contribution in [0.1, 0.15) is 72.3 Å². The van der Waals surface area contributed by atoms with Crippen LogP contribution >= 0.6 is 45.9 Å². The van der Waals surface area contributed by atoms with Crippen LogP contribution in [-0.4, -0.2) is 88.9 Å². The minimum Gasteiger partial charge on any atom is -0.487 e. The molecular formula is C37H49Cl2N7O5S2. The van der Waals surface area contributed by atoms with Crippen molar-refractivity contribution in [3.05, 3.63) is 92.3 Å². The van der Waals surface area contributed by atoms with Gasteiger partial charge in [-0.2, -0.15) is 10.2 Å². The number of aromatic amines is 2. The molecule has 2 unspecified atom stereocenters. The monoisotopic (exact) mass is 805 g/mol. The Kier molecular flexibility index (Phi) is 17.6. The number of hydrogen-bond donors (Lipinski definition) is 3. The summed E-state index contributed by atoms with van der Waals surface area (Å²) in [4.78, 5) is 28.6. The standard InChI is InChI=1S/C19H24ClN3O2S.C13H20N4O2.C5H5ClOS/c1-2-12-25-19(24)23-10-3-4-14(9-11-23)17-13-15(21-22-17)5-6-16-7-8-18(20)26-16;1-2-8-19-13(18)17-6-3-4-10(5-7-17)11-9-12(14)16-15-11;1-7-5-3-2-4(6)8-5/h2,7-8,13-14H,1,3-6,9-12H2,(H,21,22);2,9-10H,1,3-8H2,(H3,14,15,16);2-3H,1H3. The fraction of sp³-hybridized carbons (Fsp3) is 0.459. The molecule has 16 heteroatoms. The molecule has 53 heavy (non-hydrogen) atoms. The van der Waals surface area contributed by atoms with E-state index in [0.717, 1.165) is 95.3 Å². The van der Waals surface area contributed by atoms with Crippen molar-refractivity contribution in [2.24, 2.45) is 0 Å².